The standard InChI is InChI=1S/C20H25F2N3O5S/c1-30-19(27)23-9-13-8-14(18(26)24-13)12-6-15(21)17(16(22)7-12)25-4-2-20(3-5-25)10-31(28,29)11-20/h6-7,13-14H,2-5,8-11H2,1H3,(H,23,27)(H,24,26)/t13?,14-/m0/s1. The average Bonchev–Trinajstić information content (AvgIpc) is 3.06. The highest BCUT2D eigenvalue weighted by molar-refractivity contribution is 7.92. The molecule has 8 nitrogen and oxygen atoms in total. The fourth-order valence-electron chi connectivity index (χ4n) is 4.93. The molecule has 3 saturated heterocycles. The van der Waals surface area contributed by atoms with Crippen molar-refractivity contribution in [3.05, 3.63) is 29.3 Å². The molecule has 0 aliphatic carbocycles. The summed E-state index contributed by atoms with van der Waals surface area (Å²) in [6.07, 6.45) is 0.823. The zero-order chi connectivity index (χ0) is 22.4. The molecule has 1 spiro atoms. The Morgan fingerprint density at radius 3 is 2.42 bits per heavy atom. The predicted octanol–water partition coefficient (Wildman–Crippen LogP) is 1.31. The fourth-order valence-corrected chi connectivity index (χ4v) is 7.28. The van der Waals surface area contributed by atoms with Crippen LogP contribution in [0, 0.1) is 17.0 Å². The lowest BCUT2D eigenvalue weighted by atomic mass is 9.81. The van der Waals surface area contributed by atoms with E-state index >= 15 is 0 Å². The zero-order valence-electron chi connectivity index (χ0n) is 17.1. The van der Waals surface area contributed by atoms with Gasteiger partial charge in [-0.15, -0.1) is 0 Å². The molecule has 2 N–H and O–H groups in total. The molecule has 3 aliphatic heterocycles. The lowest BCUT2D eigenvalue weighted by Gasteiger charge is -2.47. The minimum absolute atomic E-state index is 0.136. The van der Waals surface area contributed by atoms with Gasteiger partial charge in [0.1, 0.15) is 17.3 Å². The summed E-state index contributed by atoms with van der Waals surface area (Å²) in [7, 11) is -1.73. The highest BCUT2D eigenvalue weighted by atomic mass is 32.2. The van der Waals surface area contributed by atoms with Crippen LogP contribution in [-0.4, -0.2) is 64.7 Å². The topological polar surface area (TPSA) is 105 Å². The molecule has 4 rings (SSSR count). The Labute approximate surface area is 179 Å². The molecule has 0 aromatic heterocycles. The molecule has 0 bridgehead atoms. The van der Waals surface area contributed by atoms with Crippen LogP contribution in [-0.2, 0) is 19.4 Å². The summed E-state index contributed by atoms with van der Waals surface area (Å²) in [6, 6.07) is 2.02. The van der Waals surface area contributed by atoms with Crippen molar-refractivity contribution in [3.8, 4) is 0 Å². The molecule has 2 amide bonds. The molecule has 1 aromatic carbocycles. The van der Waals surface area contributed by atoms with Gasteiger partial charge < -0.3 is 20.3 Å². The first-order valence-electron chi connectivity index (χ1n) is 10.2. The number of amides is 2. The molecule has 11 heteroatoms. The normalized spacial score (nSPS) is 26.3. The molecule has 1 aromatic rings. The summed E-state index contributed by atoms with van der Waals surface area (Å²) in [6.45, 7) is 0.922. The number of ether oxygens (including phenoxy) is 1. The van der Waals surface area contributed by atoms with Gasteiger partial charge in [0.05, 0.1) is 24.5 Å². The summed E-state index contributed by atoms with van der Waals surface area (Å²) < 4.78 is 57.4. The van der Waals surface area contributed by atoms with Crippen LogP contribution < -0.4 is 15.5 Å². The Hall–Kier alpha value is -2.43. The number of carbonyl (C=O) groups excluding carboxylic acids is 2. The van der Waals surface area contributed by atoms with Gasteiger partial charge in [-0.2, -0.15) is 0 Å². The van der Waals surface area contributed by atoms with Crippen LogP contribution in [0.15, 0.2) is 12.1 Å². The van der Waals surface area contributed by atoms with Crippen molar-refractivity contribution in [1.82, 2.24) is 10.6 Å². The third kappa shape index (κ3) is 4.32. The maximum Gasteiger partial charge on any atom is 0.406 e. The van der Waals surface area contributed by atoms with E-state index in [1.54, 1.807) is 4.90 Å². The average molecular weight is 457 g/mol. The highest BCUT2D eigenvalue weighted by Gasteiger charge is 2.50. The van der Waals surface area contributed by atoms with Gasteiger partial charge >= 0.3 is 6.09 Å². The third-order valence-electron chi connectivity index (χ3n) is 6.50. The Morgan fingerprint density at radius 1 is 1.26 bits per heavy atom. The number of carbonyl (C=O) groups is 2. The Balaban J connectivity index is 1.43. The number of nitrogens with zero attached hydrogens (tertiary/aromatic N) is 1. The van der Waals surface area contributed by atoms with E-state index in [1.165, 1.54) is 19.2 Å². The maximum absolute atomic E-state index is 14.9. The first-order valence-corrected chi connectivity index (χ1v) is 12.0. The molecular weight excluding hydrogens is 432 g/mol. The van der Waals surface area contributed by atoms with E-state index in [-0.39, 0.29) is 46.7 Å². The molecule has 0 radical (unpaired) electrons. The summed E-state index contributed by atoms with van der Waals surface area (Å²) >= 11 is 0. The number of nitrogens with one attached hydrogen (secondary N) is 2. The third-order valence-corrected chi connectivity index (χ3v) is 8.60. The smallest absolute Gasteiger partial charge is 0.406 e. The van der Waals surface area contributed by atoms with Crippen LogP contribution in [0.5, 0.6) is 0 Å². The molecule has 170 valence electrons. The van der Waals surface area contributed by atoms with Crippen LogP contribution in [0.25, 0.3) is 0 Å². The van der Waals surface area contributed by atoms with Crippen LogP contribution in [0.3, 0.4) is 0 Å². The summed E-state index contributed by atoms with van der Waals surface area (Å²) in [4.78, 5) is 25.1. The monoisotopic (exact) mass is 457 g/mol. The minimum atomic E-state index is -2.96. The highest BCUT2D eigenvalue weighted by Crippen LogP contribution is 2.44. The Kier molecular flexibility index (Phi) is 5.57. The zero-order valence-corrected chi connectivity index (χ0v) is 17.9. The van der Waals surface area contributed by atoms with Crippen molar-refractivity contribution in [3.63, 3.8) is 0 Å². The van der Waals surface area contributed by atoms with E-state index in [9.17, 15) is 26.8 Å². The molecule has 3 heterocycles. The van der Waals surface area contributed by atoms with Crippen molar-refractivity contribution in [2.75, 3.05) is 43.1 Å². The van der Waals surface area contributed by atoms with Crippen LogP contribution in [0.2, 0.25) is 0 Å². The number of hydrogen-bond donors (Lipinski definition) is 2. The second-order valence-electron chi connectivity index (χ2n) is 8.72. The van der Waals surface area contributed by atoms with Crippen molar-refractivity contribution >= 4 is 27.5 Å². The second-order valence-corrected chi connectivity index (χ2v) is 10.8. The van der Waals surface area contributed by atoms with Crippen LogP contribution in [0.1, 0.15) is 30.7 Å². The number of anilines is 1. The second kappa shape index (κ2) is 7.92. The number of hydrogen-bond acceptors (Lipinski definition) is 6. The molecule has 1 unspecified atom stereocenters. The Bertz CT molecular complexity index is 971. The lowest BCUT2D eigenvalue weighted by molar-refractivity contribution is -0.120. The van der Waals surface area contributed by atoms with Gasteiger partial charge in [-0.25, -0.2) is 22.0 Å². The van der Waals surface area contributed by atoms with E-state index in [2.05, 4.69) is 15.4 Å². The number of alkyl carbamates (subject to hydrolysis) is 1. The van der Waals surface area contributed by atoms with E-state index in [4.69, 9.17) is 0 Å². The van der Waals surface area contributed by atoms with Crippen LogP contribution in [0.4, 0.5) is 19.3 Å². The number of benzene rings is 1. The van der Waals surface area contributed by atoms with Crippen LogP contribution >= 0.6 is 0 Å². The van der Waals surface area contributed by atoms with E-state index in [0.29, 0.717) is 32.4 Å². The van der Waals surface area contributed by atoms with Crippen molar-refractivity contribution in [2.24, 2.45) is 5.41 Å². The van der Waals surface area contributed by atoms with E-state index < -0.39 is 33.5 Å². The first kappa shape index (κ1) is 21.8. The largest absolute Gasteiger partial charge is 0.453 e. The summed E-state index contributed by atoms with van der Waals surface area (Å²) in [5.41, 5.74) is -0.143. The SMILES string of the molecule is COC(=O)NCC1C[C@@H](c2cc(F)c(N3CCC4(CC3)CS(=O)(=O)C4)c(F)c2)C(=O)N1. The van der Waals surface area contributed by atoms with E-state index in [0.717, 1.165) is 0 Å². The molecular formula is C20H25F2N3O5S. The minimum Gasteiger partial charge on any atom is -0.453 e. The van der Waals surface area contributed by atoms with Gasteiger partial charge in [0.2, 0.25) is 5.91 Å². The molecule has 31 heavy (non-hydrogen) atoms. The molecule has 2 atom stereocenters. The van der Waals surface area contributed by atoms with Crippen molar-refractivity contribution < 1.29 is 31.5 Å². The fraction of sp³-hybridized carbons (Fsp3) is 0.600. The van der Waals surface area contributed by atoms with Gasteiger partial charge in [0, 0.05) is 31.1 Å². The van der Waals surface area contributed by atoms with Gasteiger partial charge in [0.25, 0.3) is 0 Å². The van der Waals surface area contributed by atoms with E-state index in [1.807, 2.05) is 0 Å². The number of piperidine rings is 1. The van der Waals surface area contributed by atoms with Gasteiger partial charge in [-0.1, -0.05) is 0 Å². The lowest BCUT2D eigenvalue weighted by Crippen LogP contribution is -2.54. The molecule has 3 aliphatic rings. The number of methoxy groups -OCH3 is 1. The quantitative estimate of drug-likeness (QED) is 0.707. The summed E-state index contributed by atoms with van der Waals surface area (Å²) in [5, 5.41) is 5.21. The Morgan fingerprint density at radius 2 is 1.87 bits per heavy atom. The van der Waals surface area contributed by atoms with Gasteiger partial charge in [-0.3, -0.25) is 4.79 Å². The number of halogens is 2. The van der Waals surface area contributed by atoms with Crippen molar-refractivity contribution in [2.45, 2.75) is 31.2 Å². The van der Waals surface area contributed by atoms with Gasteiger partial charge in [0.15, 0.2) is 9.84 Å². The number of rotatable bonds is 4. The maximum atomic E-state index is 14.9. The first-order chi connectivity index (χ1) is 14.6. The van der Waals surface area contributed by atoms with Crippen molar-refractivity contribution in [1.29, 1.82) is 0 Å². The molecule has 0 saturated carbocycles. The number of sulfone groups is 1. The summed E-state index contributed by atoms with van der Waals surface area (Å²) in [5.74, 6) is -2.24. The molecule has 3 fully saturated rings. The van der Waals surface area contributed by atoms with Gasteiger partial charge in [-0.05, 0) is 37.0 Å². The predicted molar refractivity (Wildman–Crippen MR) is 109 cm³/mol.